The highest BCUT2D eigenvalue weighted by atomic mass is 14.7. The maximum Gasteiger partial charge on any atom is 0.0440 e. The highest BCUT2D eigenvalue weighted by Gasteiger charge is 2.16. The Labute approximate surface area is 79.2 Å². The zero-order valence-corrected chi connectivity index (χ0v) is 8.09. The van der Waals surface area contributed by atoms with E-state index in [1.54, 1.807) is 0 Å². The van der Waals surface area contributed by atoms with Gasteiger partial charge in [0.1, 0.15) is 0 Å². The third kappa shape index (κ3) is 1.73. The molecule has 2 N–H and O–H groups in total. The van der Waals surface area contributed by atoms with Crippen molar-refractivity contribution in [2.75, 3.05) is 0 Å². The summed E-state index contributed by atoms with van der Waals surface area (Å²) in [6, 6.07) is 4.67. The van der Waals surface area contributed by atoms with E-state index in [4.69, 9.17) is 5.73 Å². The minimum absolute atomic E-state index is 0.349. The van der Waals surface area contributed by atoms with E-state index < -0.39 is 0 Å². The Kier molecular flexibility index (Phi) is 2.32. The third-order valence-corrected chi connectivity index (χ3v) is 2.72. The number of aromatic nitrogens is 1. The molecule has 1 atom stereocenters. The van der Waals surface area contributed by atoms with Gasteiger partial charge in [0.05, 0.1) is 0 Å². The van der Waals surface area contributed by atoms with Crippen LogP contribution in [0.3, 0.4) is 0 Å². The lowest BCUT2D eigenvalue weighted by Crippen LogP contribution is -2.28. The van der Waals surface area contributed by atoms with Crippen molar-refractivity contribution in [3.05, 3.63) is 29.1 Å². The summed E-state index contributed by atoms with van der Waals surface area (Å²) in [7, 11) is 0. The Hall–Kier alpha value is -0.890. The molecule has 0 aromatic carbocycles. The number of nitrogens with two attached hydrogens (primary N) is 1. The number of fused-ring (bicyclic) bond motifs is 1. The molecule has 70 valence electrons. The first kappa shape index (κ1) is 8.70. The van der Waals surface area contributed by atoms with Crippen LogP contribution in [0.4, 0.5) is 0 Å². The SMILES string of the molecule is CCc1ccc2c(n1)CCC(N)C2. The van der Waals surface area contributed by atoms with Crippen LogP contribution < -0.4 is 5.73 Å². The monoisotopic (exact) mass is 176 g/mol. The lowest BCUT2D eigenvalue weighted by Gasteiger charge is -2.20. The molecule has 0 saturated heterocycles. The van der Waals surface area contributed by atoms with Gasteiger partial charge in [0.15, 0.2) is 0 Å². The quantitative estimate of drug-likeness (QED) is 0.703. The van der Waals surface area contributed by atoms with Crippen molar-refractivity contribution in [1.29, 1.82) is 0 Å². The lowest BCUT2D eigenvalue weighted by molar-refractivity contribution is 0.565. The van der Waals surface area contributed by atoms with Crippen LogP contribution in [0.15, 0.2) is 12.1 Å². The van der Waals surface area contributed by atoms with E-state index in [1.165, 1.54) is 17.0 Å². The standard InChI is InChI=1S/C11H16N2/c1-2-10-5-3-8-7-9(12)4-6-11(8)13-10/h3,5,9H,2,4,6-7,12H2,1H3. The van der Waals surface area contributed by atoms with E-state index in [9.17, 15) is 0 Å². The van der Waals surface area contributed by atoms with Crippen LogP contribution in [-0.4, -0.2) is 11.0 Å². The summed E-state index contributed by atoms with van der Waals surface area (Å²) in [6.45, 7) is 2.14. The molecule has 1 aliphatic rings. The van der Waals surface area contributed by atoms with Crippen LogP contribution in [0, 0.1) is 0 Å². The van der Waals surface area contributed by atoms with Crippen LogP contribution in [0.25, 0.3) is 0 Å². The molecule has 13 heavy (non-hydrogen) atoms. The van der Waals surface area contributed by atoms with E-state index in [-0.39, 0.29) is 0 Å². The van der Waals surface area contributed by atoms with E-state index in [2.05, 4.69) is 24.0 Å². The largest absolute Gasteiger partial charge is 0.327 e. The van der Waals surface area contributed by atoms with Crippen LogP contribution in [0.5, 0.6) is 0 Å². The third-order valence-electron chi connectivity index (χ3n) is 2.72. The summed E-state index contributed by atoms with van der Waals surface area (Å²) in [5.74, 6) is 0. The normalized spacial score (nSPS) is 21.2. The molecule has 0 spiro atoms. The van der Waals surface area contributed by atoms with Crippen molar-refractivity contribution in [3.63, 3.8) is 0 Å². The van der Waals surface area contributed by atoms with Crippen molar-refractivity contribution >= 4 is 0 Å². The molecule has 1 aromatic heterocycles. The summed E-state index contributed by atoms with van der Waals surface area (Å²) < 4.78 is 0. The predicted molar refractivity (Wildman–Crippen MR) is 53.6 cm³/mol. The molecule has 2 nitrogen and oxygen atoms in total. The summed E-state index contributed by atoms with van der Waals surface area (Å²) in [6.07, 6.45) is 4.18. The highest BCUT2D eigenvalue weighted by Crippen LogP contribution is 2.19. The maximum atomic E-state index is 5.89. The predicted octanol–water partition coefficient (Wildman–Crippen LogP) is 1.46. The van der Waals surface area contributed by atoms with Gasteiger partial charge in [0.2, 0.25) is 0 Å². The number of hydrogen-bond donors (Lipinski definition) is 1. The van der Waals surface area contributed by atoms with Crippen molar-refractivity contribution < 1.29 is 0 Å². The fourth-order valence-electron chi connectivity index (χ4n) is 1.88. The van der Waals surface area contributed by atoms with E-state index >= 15 is 0 Å². The zero-order chi connectivity index (χ0) is 9.26. The molecule has 0 bridgehead atoms. The second-order valence-corrected chi connectivity index (χ2v) is 3.76. The molecule has 1 aliphatic carbocycles. The number of pyridine rings is 1. The van der Waals surface area contributed by atoms with Crippen LogP contribution >= 0.6 is 0 Å². The highest BCUT2D eigenvalue weighted by molar-refractivity contribution is 5.26. The topological polar surface area (TPSA) is 38.9 Å². The van der Waals surface area contributed by atoms with E-state index in [0.29, 0.717) is 6.04 Å². The molecule has 1 aromatic rings. The first-order valence-corrected chi connectivity index (χ1v) is 5.03. The van der Waals surface area contributed by atoms with Crippen LogP contribution in [0.2, 0.25) is 0 Å². The second-order valence-electron chi connectivity index (χ2n) is 3.76. The molecule has 0 aliphatic heterocycles. The average molecular weight is 176 g/mol. The van der Waals surface area contributed by atoms with Gasteiger partial charge in [0, 0.05) is 17.4 Å². The van der Waals surface area contributed by atoms with Crippen molar-refractivity contribution in [3.8, 4) is 0 Å². The fourth-order valence-corrected chi connectivity index (χ4v) is 1.88. The number of nitrogens with zero attached hydrogens (tertiary/aromatic N) is 1. The molecular weight excluding hydrogens is 160 g/mol. The maximum absolute atomic E-state index is 5.89. The van der Waals surface area contributed by atoms with Gasteiger partial charge < -0.3 is 5.73 Å². The lowest BCUT2D eigenvalue weighted by atomic mass is 9.92. The first-order chi connectivity index (χ1) is 6.29. The minimum Gasteiger partial charge on any atom is -0.327 e. The van der Waals surface area contributed by atoms with Gasteiger partial charge in [-0.1, -0.05) is 13.0 Å². The molecule has 0 fully saturated rings. The Morgan fingerprint density at radius 2 is 2.38 bits per heavy atom. The van der Waals surface area contributed by atoms with Gasteiger partial charge in [-0.05, 0) is 37.3 Å². The smallest absolute Gasteiger partial charge is 0.0440 e. The number of aryl methyl sites for hydroxylation is 2. The summed E-state index contributed by atoms with van der Waals surface area (Å²) in [5.41, 5.74) is 9.73. The second kappa shape index (κ2) is 3.46. The van der Waals surface area contributed by atoms with E-state index in [0.717, 1.165) is 25.7 Å². The Morgan fingerprint density at radius 1 is 1.54 bits per heavy atom. The van der Waals surface area contributed by atoms with Gasteiger partial charge in [-0.15, -0.1) is 0 Å². The summed E-state index contributed by atoms with van der Waals surface area (Å²) in [4.78, 5) is 4.61. The summed E-state index contributed by atoms with van der Waals surface area (Å²) in [5, 5.41) is 0. The molecule has 0 radical (unpaired) electrons. The van der Waals surface area contributed by atoms with Gasteiger partial charge >= 0.3 is 0 Å². The summed E-state index contributed by atoms with van der Waals surface area (Å²) >= 11 is 0. The average Bonchev–Trinajstić information content (AvgIpc) is 2.17. The number of hydrogen-bond acceptors (Lipinski definition) is 2. The first-order valence-electron chi connectivity index (χ1n) is 5.03. The zero-order valence-electron chi connectivity index (χ0n) is 8.09. The van der Waals surface area contributed by atoms with Gasteiger partial charge in [-0.2, -0.15) is 0 Å². The number of rotatable bonds is 1. The van der Waals surface area contributed by atoms with Gasteiger partial charge in [0.25, 0.3) is 0 Å². The molecule has 2 rings (SSSR count). The Morgan fingerprint density at radius 3 is 3.15 bits per heavy atom. The van der Waals surface area contributed by atoms with Crippen molar-refractivity contribution in [1.82, 2.24) is 4.98 Å². The fraction of sp³-hybridized carbons (Fsp3) is 0.545. The molecule has 0 saturated carbocycles. The van der Waals surface area contributed by atoms with Gasteiger partial charge in [-0.25, -0.2) is 0 Å². The molecular formula is C11H16N2. The molecule has 0 amide bonds. The molecule has 1 unspecified atom stereocenters. The van der Waals surface area contributed by atoms with Crippen molar-refractivity contribution in [2.24, 2.45) is 5.73 Å². The van der Waals surface area contributed by atoms with Gasteiger partial charge in [-0.3, -0.25) is 4.98 Å². The van der Waals surface area contributed by atoms with Crippen LogP contribution in [-0.2, 0) is 19.3 Å². The Balaban J connectivity index is 2.31. The van der Waals surface area contributed by atoms with Crippen molar-refractivity contribution in [2.45, 2.75) is 38.6 Å². The van der Waals surface area contributed by atoms with E-state index in [1.807, 2.05) is 0 Å². The minimum atomic E-state index is 0.349. The Bertz CT molecular complexity index is 307. The molecule has 2 heteroatoms. The molecule has 1 heterocycles. The van der Waals surface area contributed by atoms with Crippen LogP contribution in [0.1, 0.15) is 30.3 Å².